The Morgan fingerprint density at radius 1 is 1.29 bits per heavy atom. The highest BCUT2D eigenvalue weighted by Gasteiger charge is 2.15. The van der Waals surface area contributed by atoms with Crippen molar-refractivity contribution < 1.29 is 10.0 Å². The molecule has 0 unspecified atom stereocenters. The zero-order valence-corrected chi connectivity index (χ0v) is 11.9. The molecule has 0 atom stereocenters. The molecule has 0 bridgehead atoms. The van der Waals surface area contributed by atoms with Crippen molar-refractivity contribution in [2.45, 2.75) is 6.54 Å². The third-order valence-corrected chi connectivity index (χ3v) is 3.08. The zero-order valence-electron chi connectivity index (χ0n) is 11.1. The van der Waals surface area contributed by atoms with Crippen molar-refractivity contribution in [1.29, 1.82) is 0 Å². The number of aliphatic hydroxyl groups excluding tert-OH is 1. The highest BCUT2D eigenvalue weighted by Crippen LogP contribution is 2.24. The highest BCUT2D eigenvalue weighted by molar-refractivity contribution is 6.29. The van der Waals surface area contributed by atoms with Crippen LogP contribution in [0.1, 0.15) is 5.56 Å². The van der Waals surface area contributed by atoms with Gasteiger partial charge in [-0.1, -0.05) is 41.9 Å². The summed E-state index contributed by atoms with van der Waals surface area (Å²) in [6, 6.07) is 12.1. The molecular formula is C14H14ClN3O3. The fourth-order valence-electron chi connectivity index (χ4n) is 1.94. The molecule has 0 aliphatic heterocycles. The van der Waals surface area contributed by atoms with Gasteiger partial charge in [0, 0.05) is 13.1 Å². The Bertz CT molecular complexity index is 622. The molecule has 0 amide bonds. The topological polar surface area (TPSA) is 79.5 Å². The molecule has 1 aromatic heterocycles. The van der Waals surface area contributed by atoms with Gasteiger partial charge in [-0.05, 0) is 5.56 Å². The molecule has 0 aliphatic rings. The van der Waals surface area contributed by atoms with Crippen molar-refractivity contribution >= 4 is 23.1 Å². The summed E-state index contributed by atoms with van der Waals surface area (Å²) in [6.07, 6.45) is 0. The summed E-state index contributed by atoms with van der Waals surface area (Å²) < 4.78 is 0. The van der Waals surface area contributed by atoms with Crippen molar-refractivity contribution in [1.82, 2.24) is 4.98 Å². The van der Waals surface area contributed by atoms with Gasteiger partial charge >= 0.3 is 0 Å². The van der Waals surface area contributed by atoms with Crippen LogP contribution in [0.25, 0.3) is 0 Å². The monoisotopic (exact) mass is 307 g/mol. The summed E-state index contributed by atoms with van der Waals surface area (Å²) in [4.78, 5) is 16.2. The van der Waals surface area contributed by atoms with E-state index in [-0.39, 0.29) is 17.4 Å². The highest BCUT2D eigenvalue weighted by atomic mass is 35.5. The Hall–Kier alpha value is -2.18. The number of nitrogens with zero attached hydrogens (tertiary/aromatic N) is 3. The number of hydrogen-bond acceptors (Lipinski definition) is 5. The van der Waals surface area contributed by atoms with Crippen molar-refractivity contribution in [2.24, 2.45) is 0 Å². The number of halogens is 1. The van der Waals surface area contributed by atoms with E-state index >= 15 is 0 Å². The number of benzene rings is 1. The first-order chi connectivity index (χ1) is 10.1. The van der Waals surface area contributed by atoms with E-state index in [2.05, 4.69) is 4.98 Å². The fourth-order valence-corrected chi connectivity index (χ4v) is 2.13. The lowest BCUT2D eigenvalue weighted by Crippen LogP contribution is -2.27. The van der Waals surface area contributed by atoms with Crippen LogP contribution in [0.4, 0.5) is 11.5 Å². The lowest BCUT2D eigenvalue weighted by molar-refractivity contribution is -0.384. The normalized spacial score (nSPS) is 10.4. The fraction of sp³-hybridized carbons (Fsp3) is 0.214. The third kappa shape index (κ3) is 4.14. The molecule has 2 rings (SSSR count). The van der Waals surface area contributed by atoms with E-state index in [9.17, 15) is 15.2 Å². The maximum absolute atomic E-state index is 10.9. The largest absolute Gasteiger partial charge is 0.395 e. The van der Waals surface area contributed by atoms with Crippen molar-refractivity contribution in [3.8, 4) is 0 Å². The number of nitro groups is 1. The van der Waals surface area contributed by atoms with E-state index in [4.69, 9.17) is 11.6 Å². The van der Waals surface area contributed by atoms with Gasteiger partial charge in [-0.3, -0.25) is 10.1 Å². The summed E-state index contributed by atoms with van der Waals surface area (Å²) in [5, 5.41) is 20.1. The number of anilines is 1. The van der Waals surface area contributed by atoms with E-state index in [0.717, 1.165) is 5.56 Å². The minimum absolute atomic E-state index is 0.0511. The summed E-state index contributed by atoms with van der Waals surface area (Å²) in [6.45, 7) is 0.695. The Balaban J connectivity index is 2.31. The van der Waals surface area contributed by atoms with E-state index in [1.165, 1.54) is 12.1 Å². The van der Waals surface area contributed by atoms with E-state index in [1.807, 2.05) is 30.3 Å². The van der Waals surface area contributed by atoms with Gasteiger partial charge in [0.1, 0.15) is 11.0 Å². The molecule has 6 nitrogen and oxygen atoms in total. The van der Waals surface area contributed by atoms with Crippen LogP contribution in [0.5, 0.6) is 0 Å². The van der Waals surface area contributed by atoms with E-state index < -0.39 is 4.92 Å². The Morgan fingerprint density at radius 3 is 2.62 bits per heavy atom. The second-order valence-corrected chi connectivity index (χ2v) is 4.78. The molecule has 21 heavy (non-hydrogen) atoms. The lowest BCUT2D eigenvalue weighted by atomic mass is 10.2. The molecule has 0 saturated carbocycles. The van der Waals surface area contributed by atoms with Gasteiger partial charge in [0.2, 0.25) is 0 Å². The van der Waals surface area contributed by atoms with Gasteiger partial charge in [-0.2, -0.15) is 0 Å². The van der Waals surface area contributed by atoms with Crippen molar-refractivity contribution in [3.63, 3.8) is 0 Å². The maximum Gasteiger partial charge on any atom is 0.276 e. The van der Waals surface area contributed by atoms with Crippen LogP contribution in [0.2, 0.25) is 5.15 Å². The molecule has 1 N–H and O–H groups in total. The molecule has 1 aromatic carbocycles. The maximum atomic E-state index is 10.9. The Kier molecular flexibility index (Phi) is 5.08. The molecule has 0 fully saturated rings. The first-order valence-corrected chi connectivity index (χ1v) is 6.69. The number of aliphatic hydroxyl groups is 1. The smallest absolute Gasteiger partial charge is 0.276 e. The average Bonchev–Trinajstić information content (AvgIpc) is 2.47. The van der Waals surface area contributed by atoms with Gasteiger partial charge in [0.15, 0.2) is 0 Å². The van der Waals surface area contributed by atoms with Crippen LogP contribution < -0.4 is 4.90 Å². The Morgan fingerprint density at radius 2 is 2.00 bits per heavy atom. The Labute approximate surface area is 126 Å². The average molecular weight is 308 g/mol. The van der Waals surface area contributed by atoms with Crippen molar-refractivity contribution in [2.75, 3.05) is 18.1 Å². The van der Waals surface area contributed by atoms with Gasteiger partial charge < -0.3 is 10.0 Å². The van der Waals surface area contributed by atoms with E-state index in [1.54, 1.807) is 4.90 Å². The van der Waals surface area contributed by atoms with Crippen LogP contribution in [0.15, 0.2) is 42.5 Å². The molecule has 0 spiro atoms. The van der Waals surface area contributed by atoms with Crippen LogP contribution in [0, 0.1) is 10.1 Å². The number of hydrogen-bond donors (Lipinski definition) is 1. The lowest BCUT2D eigenvalue weighted by Gasteiger charge is -2.22. The minimum atomic E-state index is -0.517. The molecule has 2 aromatic rings. The zero-order chi connectivity index (χ0) is 15.2. The van der Waals surface area contributed by atoms with Crippen LogP contribution in [-0.2, 0) is 6.54 Å². The first-order valence-electron chi connectivity index (χ1n) is 6.32. The second-order valence-electron chi connectivity index (χ2n) is 4.39. The van der Waals surface area contributed by atoms with Gasteiger partial charge in [0.25, 0.3) is 5.69 Å². The van der Waals surface area contributed by atoms with Gasteiger partial charge in [-0.15, -0.1) is 0 Å². The SMILES string of the molecule is O=[N+]([O-])c1cc(Cl)nc(N(CCO)Cc2ccccc2)c1. The molecule has 0 aliphatic carbocycles. The molecular weight excluding hydrogens is 294 g/mol. The van der Waals surface area contributed by atoms with E-state index in [0.29, 0.717) is 18.9 Å². The first kappa shape index (κ1) is 15.2. The molecule has 0 radical (unpaired) electrons. The van der Waals surface area contributed by atoms with Gasteiger partial charge in [-0.25, -0.2) is 4.98 Å². The standard InChI is InChI=1S/C14H14ClN3O3/c15-13-8-12(18(20)21)9-14(16-13)17(6-7-19)10-11-4-2-1-3-5-11/h1-5,8-9,19H,6-7,10H2. The molecule has 110 valence electrons. The number of rotatable bonds is 6. The summed E-state index contributed by atoms with van der Waals surface area (Å²) >= 11 is 5.84. The second kappa shape index (κ2) is 7.01. The number of aromatic nitrogens is 1. The summed E-state index contributed by atoms with van der Waals surface area (Å²) in [5.41, 5.74) is 0.886. The summed E-state index contributed by atoms with van der Waals surface area (Å²) in [5.74, 6) is 0.368. The quantitative estimate of drug-likeness (QED) is 0.504. The molecule has 1 heterocycles. The predicted molar refractivity (Wildman–Crippen MR) is 80.5 cm³/mol. The molecule has 7 heteroatoms. The van der Waals surface area contributed by atoms with Gasteiger partial charge in [0.05, 0.1) is 23.7 Å². The van der Waals surface area contributed by atoms with Crippen LogP contribution in [0.3, 0.4) is 0 Å². The van der Waals surface area contributed by atoms with Crippen LogP contribution in [-0.4, -0.2) is 28.2 Å². The van der Waals surface area contributed by atoms with Crippen molar-refractivity contribution in [3.05, 3.63) is 63.3 Å². The molecule has 0 saturated heterocycles. The minimum Gasteiger partial charge on any atom is -0.395 e. The van der Waals surface area contributed by atoms with Crippen LogP contribution >= 0.6 is 11.6 Å². The predicted octanol–water partition coefficient (Wildman–Crippen LogP) is 2.64. The third-order valence-electron chi connectivity index (χ3n) is 2.89. The number of pyridine rings is 1. The summed E-state index contributed by atoms with van der Waals surface area (Å²) in [7, 11) is 0.